The van der Waals surface area contributed by atoms with Crippen LogP contribution in [0.15, 0.2) is 30.3 Å². The minimum absolute atomic E-state index is 0.606. The van der Waals surface area contributed by atoms with Crippen LogP contribution < -0.4 is 5.32 Å². The third-order valence-electron chi connectivity index (χ3n) is 4.10. The second-order valence-corrected chi connectivity index (χ2v) is 5.37. The van der Waals surface area contributed by atoms with E-state index in [9.17, 15) is 0 Å². The molecule has 1 atom stereocenters. The van der Waals surface area contributed by atoms with Gasteiger partial charge in [0.25, 0.3) is 0 Å². The summed E-state index contributed by atoms with van der Waals surface area (Å²) in [5.41, 5.74) is 2.06. The maximum absolute atomic E-state index is 3.51. The minimum Gasteiger partial charge on any atom is -0.316 e. The van der Waals surface area contributed by atoms with E-state index in [2.05, 4.69) is 40.5 Å². The van der Waals surface area contributed by atoms with Gasteiger partial charge >= 0.3 is 0 Å². The van der Waals surface area contributed by atoms with Crippen LogP contribution in [0, 0.1) is 5.41 Å². The fraction of sp³-hybridized carbons (Fsp3) is 0.571. The van der Waals surface area contributed by atoms with Gasteiger partial charge < -0.3 is 5.32 Å². The first-order chi connectivity index (χ1) is 7.86. The summed E-state index contributed by atoms with van der Waals surface area (Å²) in [5, 5.41) is 3.51. The molecule has 1 spiro atoms. The van der Waals surface area contributed by atoms with E-state index in [1.807, 2.05) is 0 Å². The van der Waals surface area contributed by atoms with Gasteiger partial charge in [-0.3, -0.25) is 4.90 Å². The summed E-state index contributed by atoms with van der Waals surface area (Å²) in [6.45, 7) is 6.14. The van der Waals surface area contributed by atoms with Crippen molar-refractivity contribution in [3.05, 3.63) is 35.9 Å². The maximum atomic E-state index is 3.51. The molecular formula is C14H20N2. The molecule has 16 heavy (non-hydrogen) atoms. The molecule has 2 saturated heterocycles. The number of nitrogens with one attached hydrogen (secondary N) is 1. The monoisotopic (exact) mass is 216 g/mol. The topological polar surface area (TPSA) is 15.3 Å². The summed E-state index contributed by atoms with van der Waals surface area (Å²) in [7, 11) is 0. The fourth-order valence-electron chi connectivity index (χ4n) is 3.15. The molecule has 1 aromatic carbocycles. The van der Waals surface area contributed by atoms with Crippen molar-refractivity contribution in [1.82, 2.24) is 10.2 Å². The van der Waals surface area contributed by atoms with Gasteiger partial charge in [-0.05, 0) is 36.9 Å². The number of nitrogens with zero attached hydrogens (tertiary/aromatic N) is 1. The Morgan fingerprint density at radius 3 is 2.81 bits per heavy atom. The Morgan fingerprint density at radius 1 is 1.19 bits per heavy atom. The molecule has 2 fully saturated rings. The molecule has 2 nitrogen and oxygen atoms in total. The van der Waals surface area contributed by atoms with E-state index in [1.165, 1.54) is 44.6 Å². The number of likely N-dealkylation sites (tertiary alicyclic amines) is 1. The minimum atomic E-state index is 0.606. The molecular weight excluding hydrogens is 196 g/mol. The summed E-state index contributed by atoms with van der Waals surface area (Å²) < 4.78 is 0. The van der Waals surface area contributed by atoms with Gasteiger partial charge in [0, 0.05) is 19.6 Å². The highest BCUT2D eigenvalue weighted by atomic mass is 15.2. The quantitative estimate of drug-likeness (QED) is 0.812. The zero-order valence-electron chi connectivity index (χ0n) is 9.78. The van der Waals surface area contributed by atoms with Crippen LogP contribution in [-0.2, 0) is 6.54 Å². The molecule has 0 aliphatic carbocycles. The molecule has 2 aliphatic rings. The smallest absolute Gasteiger partial charge is 0.0233 e. The van der Waals surface area contributed by atoms with Crippen molar-refractivity contribution in [1.29, 1.82) is 0 Å². The first kappa shape index (κ1) is 10.3. The molecule has 0 radical (unpaired) electrons. The summed E-state index contributed by atoms with van der Waals surface area (Å²) in [6, 6.07) is 10.8. The van der Waals surface area contributed by atoms with Crippen molar-refractivity contribution < 1.29 is 0 Å². The summed E-state index contributed by atoms with van der Waals surface area (Å²) in [4.78, 5) is 2.61. The molecule has 1 aromatic rings. The standard InChI is InChI=1S/C14H20N2/c1-2-4-13(5-3-1)10-16-9-7-14(12-16)6-8-15-11-14/h1-5,15H,6-12H2/t14-/m1/s1. The molecule has 2 heterocycles. The number of benzene rings is 1. The SMILES string of the molecule is c1ccc(CN2CC[C@@]3(CCNC3)C2)cc1. The molecule has 3 rings (SSSR count). The Morgan fingerprint density at radius 2 is 2.06 bits per heavy atom. The van der Waals surface area contributed by atoms with Crippen LogP contribution in [-0.4, -0.2) is 31.1 Å². The lowest BCUT2D eigenvalue weighted by Crippen LogP contribution is -2.28. The van der Waals surface area contributed by atoms with Crippen molar-refractivity contribution in [2.24, 2.45) is 5.41 Å². The molecule has 0 unspecified atom stereocenters. The maximum Gasteiger partial charge on any atom is 0.0233 e. The van der Waals surface area contributed by atoms with Crippen molar-refractivity contribution in [2.75, 3.05) is 26.2 Å². The van der Waals surface area contributed by atoms with Gasteiger partial charge in [0.1, 0.15) is 0 Å². The van der Waals surface area contributed by atoms with E-state index in [4.69, 9.17) is 0 Å². The van der Waals surface area contributed by atoms with Gasteiger partial charge in [0.05, 0.1) is 0 Å². The zero-order chi connectivity index (χ0) is 10.8. The average molecular weight is 216 g/mol. The second kappa shape index (κ2) is 4.19. The van der Waals surface area contributed by atoms with Gasteiger partial charge in [-0.25, -0.2) is 0 Å². The van der Waals surface area contributed by atoms with Crippen LogP contribution in [0.4, 0.5) is 0 Å². The Balaban J connectivity index is 1.62. The largest absolute Gasteiger partial charge is 0.316 e. The van der Waals surface area contributed by atoms with Gasteiger partial charge in [-0.15, -0.1) is 0 Å². The van der Waals surface area contributed by atoms with Gasteiger partial charge in [0.15, 0.2) is 0 Å². The van der Waals surface area contributed by atoms with Crippen LogP contribution in [0.2, 0.25) is 0 Å². The van der Waals surface area contributed by atoms with E-state index in [0.717, 1.165) is 6.54 Å². The third-order valence-corrected chi connectivity index (χ3v) is 4.10. The normalized spacial score (nSPS) is 30.2. The van der Waals surface area contributed by atoms with Gasteiger partial charge in [-0.1, -0.05) is 30.3 Å². The average Bonchev–Trinajstić information content (AvgIpc) is 2.92. The second-order valence-electron chi connectivity index (χ2n) is 5.37. The van der Waals surface area contributed by atoms with E-state index >= 15 is 0 Å². The van der Waals surface area contributed by atoms with Crippen molar-refractivity contribution in [2.45, 2.75) is 19.4 Å². The van der Waals surface area contributed by atoms with Gasteiger partial charge in [-0.2, -0.15) is 0 Å². The fourth-order valence-corrected chi connectivity index (χ4v) is 3.15. The van der Waals surface area contributed by atoms with Gasteiger partial charge in [0.2, 0.25) is 0 Å². The van der Waals surface area contributed by atoms with E-state index in [0.29, 0.717) is 5.41 Å². The lowest BCUT2D eigenvalue weighted by atomic mass is 9.87. The Bertz CT molecular complexity index is 341. The van der Waals surface area contributed by atoms with E-state index < -0.39 is 0 Å². The Labute approximate surface area is 97.6 Å². The molecule has 2 heteroatoms. The molecule has 0 amide bonds. The highest BCUT2D eigenvalue weighted by molar-refractivity contribution is 5.15. The summed E-state index contributed by atoms with van der Waals surface area (Å²) in [5.74, 6) is 0. The zero-order valence-corrected chi connectivity index (χ0v) is 9.78. The molecule has 2 aliphatic heterocycles. The Hall–Kier alpha value is -0.860. The van der Waals surface area contributed by atoms with Crippen molar-refractivity contribution in [3.8, 4) is 0 Å². The number of hydrogen-bond acceptors (Lipinski definition) is 2. The number of rotatable bonds is 2. The van der Waals surface area contributed by atoms with Crippen LogP contribution in [0.25, 0.3) is 0 Å². The lowest BCUT2D eigenvalue weighted by molar-refractivity contribution is 0.268. The predicted molar refractivity (Wildman–Crippen MR) is 66.3 cm³/mol. The first-order valence-electron chi connectivity index (χ1n) is 6.33. The van der Waals surface area contributed by atoms with Crippen molar-refractivity contribution >= 4 is 0 Å². The highest BCUT2D eigenvalue weighted by Gasteiger charge is 2.39. The number of hydrogen-bond donors (Lipinski definition) is 1. The first-order valence-corrected chi connectivity index (χ1v) is 6.33. The Kier molecular flexibility index (Phi) is 2.70. The van der Waals surface area contributed by atoms with E-state index in [1.54, 1.807) is 0 Å². The van der Waals surface area contributed by atoms with Crippen LogP contribution in [0.3, 0.4) is 0 Å². The molecule has 0 saturated carbocycles. The molecule has 0 bridgehead atoms. The van der Waals surface area contributed by atoms with Crippen LogP contribution in [0.5, 0.6) is 0 Å². The third kappa shape index (κ3) is 2.00. The summed E-state index contributed by atoms with van der Waals surface area (Å²) >= 11 is 0. The summed E-state index contributed by atoms with van der Waals surface area (Å²) in [6.07, 6.45) is 2.76. The highest BCUT2D eigenvalue weighted by Crippen LogP contribution is 2.36. The molecule has 0 aromatic heterocycles. The van der Waals surface area contributed by atoms with E-state index in [-0.39, 0.29) is 0 Å². The molecule has 1 N–H and O–H groups in total. The van der Waals surface area contributed by atoms with Crippen molar-refractivity contribution in [3.63, 3.8) is 0 Å². The lowest BCUT2D eigenvalue weighted by Gasteiger charge is -2.22. The van der Waals surface area contributed by atoms with Crippen LogP contribution >= 0.6 is 0 Å². The van der Waals surface area contributed by atoms with Crippen LogP contribution in [0.1, 0.15) is 18.4 Å². The predicted octanol–water partition coefficient (Wildman–Crippen LogP) is 1.87. The molecule has 86 valence electrons.